The Morgan fingerprint density at radius 3 is 1.17 bits per heavy atom. The number of aliphatic carboxylic acids is 6. The standard InChI is InChI=1S/C10H19NO6.C9H16O5.C8H15NO5.C8H14O5.2C7H12O5/c1-9(13)6-11(7-10(14)15)2-3-16-4-5-17-8-12;1-3-7(11)5-14-8(6(2)10)4-9(12)13;1-7(11)4-9(5-8(12)13)2-3-14-6-10;1-6(10)2-7(3-8(11)12)4-13-5-9;1-5(9)2-6(7(10)11)3-12-4-8;1-5(9)2-6(12-4-8)3-7(10)11/h12H,2-8H2,1H3,(H,14,15);7-8,11H,3-5H2,1-2H3,(H,12,13);10H,2-6H2,1H3,(H,12,13);7,9H,2-5H2,1H3,(H,11,12);2*6,8H,2-4H2,1H3,(H,10,11). The lowest BCUT2D eigenvalue weighted by Crippen LogP contribution is -2.36. The molecule has 0 aliphatic carbocycles. The van der Waals surface area contributed by atoms with Crippen molar-refractivity contribution in [3.8, 4) is 0 Å². The number of ether oxygens (including phenoxy) is 7. The van der Waals surface area contributed by atoms with Gasteiger partial charge in [-0.2, -0.15) is 0 Å². The maximum absolute atomic E-state index is 10.9. The molecule has 5 unspecified atom stereocenters. The number of rotatable bonds is 45. The van der Waals surface area contributed by atoms with Crippen molar-refractivity contribution in [3.63, 3.8) is 0 Å². The Morgan fingerprint density at radius 1 is 0.402 bits per heavy atom. The number of hydrogen-bond acceptors (Lipinski definition) is 27. The molecule has 0 aliphatic rings. The molecule has 0 saturated heterocycles. The first-order valence-electron chi connectivity index (χ1n) is 24.9. The van der Waals surface area contributed by atoms with Crippen molar-refractivity contribution >= 4 is 70.5 Å². The molecule has 5 atom stereocenters. The Hall–Kier alpha value is -5.76. The molecule has 0 amide bonds. The van der Waals surface area contributed by atoms with Gasteiger partial charge in [0.1, 0.15) is 69.0 Å². The zero-order valence-corrected chi connectivity index (χ0v) is 47.6. The second-order valence-electron chi connectivity index (χ2n) is 17.1. The number of aliphatic hydroxyl groups is 6. The smallest absolute Gasteiger partial charge is 0.317 e. The van der Waals surface area contributed by atoms with E-state index in [4.69, 9.17) is 70.8 Å². The molecule has 82 heavy (non-hydrogen) atoms. The molecule has 0 aromatic carbocycles. The zero-order chi connectivity index (χ0) is 64.6. The minimum Gasteiger partial charge on any atom is -0.481 e. The number of aliphatic hydroxyl groups excluding tert-OH is 6. The van der Waals surface area contributed by atoms with Crippen LogP contribution in [-0.2, 0) is 90.7 Å². The van der Waals surface area contributed by atoms with Crippen molar-refractivity contribution in [2.45, 2.75) is 112 Å². The van der Waals surface area contributed by atoms with Gasteiger partial charge in [0.15, 0.2) is 5.78 Å². The number of carbonyl (C=O) groups is 12. The predicted octanol–water partition coefficient (Wildman–Crippen LogP) is -2.49. The normalized spacial score (nSPS) is 12.2. The Morgan fingerprint density at radius 2 is 0.817 bits per heavy atom. The van der Waals surface area contributed by atoms with E-state index in [1.807, 2.05) is 0 Å². The van der Waals surface area contributed by atoms with Crippen LogP contribution in [0, 0.1) is 11.8 Å². The zero-order valence-electron chi connectivity index (χ0n) is 47.6. The quantitative estimate of drug-likeness (QED) is 0.0222. The van der Waals surface area contributed by atoms with Gasteiger partial charge in [-0.1, -0.05) is 6.92 Å². The third-order valence-electron chi connectivity index (χ3n) is 9.05. The molecular weight excluding hydrogens is 1110 g/mol. The first kappa shape index (κ1) is 87.5. The van der Waals surface area contributed by atoms with Gasteiger partial charge in [0, 0.05) is 32.4 Å². The van der Waals surface area contributed by atoms with Crippen LogP contribution in [0.15, 0.2) is 0 Å². The van der Waals surface area contributed by atoms with E-state index in [0.29, 0.717) is 32.7 Å². The highest BCUT2D eigenvalue weighted by Crippen LogP contribution is 2.10. The van der Waals surface area contributed by atoms with Gasteiger partial charge in [0.2, 0.25) is 0 Å². The lowest BCUT2D eigenvalue weighted by Gasteiger charge is -2.18. The maximum Gasteiger partial charge on any atom is 0.317 e. The first-order valence-corrected chi connectivity index (χ1v) is 24.9. The number of hydrogen-bond donors (Lipinski definition) is 12. The van der Waals surface area contributed by atoms with Gasteiger partial charge in [-0.25, -0.2) is 0 Å². The fourth-order valence-corrected chi connectivity index (χ4v) is 5.63. The van der Waals surface area contributed by atoms with Crippen LogP contribution in [0.2, 0.25) is 0 Å². The number of ketones is 6. The molecule has 0 rings (SSSR count). The van der Waals surface area contributed by atoms with E-state index in [1.54, 1.807) is 6.92 Å². The van der Waals surface area contributed by atoms with Crippen molar-refractivity contribution < 1.29 is 152 Å². The van der Waals surface area contributed by atoms with Gasteiger partial charge in [-0.15, -0.1) is 0 Å². The third-order valence-corrected chi connectivity index (χ3v) is 9.05. The molecular formula is C49H88N2O31. The van der Waals surface area contributed by atoms with E-state index in [-0.39, 0.29) is 145 Å². The topological polar surface area (TPSA) is 519 Å². The van der Waals surface area contributed by atoms with Crippen LogP contribution in [-0.4, -0.2) is 279 Å². The highest BCUT2D eigenvalue weighted by Gasteiger charge is 2.21. The molecule has 0 aliphatic heterocycles. The average molecular weight is 1200 g/mol. The summed E-state index contributed by atoms with van der Waals surface area (Å²) < 4.78 is 33.1. The lowest BCUT2D eigenvalue weighted by atomic mass is 10.0. The van der Waals surface area contributed by atoms with Gasteiger partial charge in [0.05, 0.1) is 110 Å². The number of nitrogens with zero attached hydrogens (tertiary/aromatic N) is 2. The van der Waals surface area contributed by atoms with Crippen molar-refractivity contribution in [2.24, 2.45) is 11.8 Å². The fourth-order valence-electron chi connectivity index (χ4n) is 5.63. The van der Waals surface area contributed by atoms with Gasteiger partial charge in [0.25, 0.3) is 0 Å². The summed E-state index contributed by atoms with van der Waals surface area (Å²) >= 11 is 0. The van der Waals surface area contributed by atoms with Crippen LogP contribution in [0.5, 0.6) is 0 Å². The highest BCUT2D eigenvalue weighted by atomic mass is 16.6. The summed E-state index contributed by atoms with van der Waals surface area (Å²) in [5.74, 6) is -8.31. The highest BCUT2D eigenvalue weighted by molar-refractivity contribution is 5.85. The molecule has 0 bridgehead atoms. The Kier molecular flexibility index (Phi) is 63.8. The van der Waals surface area contributed by atoms with Crippen molar-refractivity contribution in [1.82, 2.24) is 9.80 Å². The van der Waals surface area contributed by atoms with Crippen LogP contribution in [0.3, 0.4) is 0 Å². The van der Waals surface area contributed by atoms with E-state index in [0.717, 1.165) is 0 Å². The lowest BCUT2D eigenvalue weighted by molar-refractivity contribution is -0.147. The van der Waals surface area contributed by atoms with E-state index < -0.39 is 87.2 Å². The minimum absolute atomic E-state index is 0.00593. The Labute approximate surface area is 474 Å². The van der Waals surface area contributed by atoms with Crippen LogP contribution in [0.25, 0.3) is 0 Å². The number of carbonyl (C=O) groups excluding carboxylic acids is 6. The predicted molar refractivity (Wildman–Crippen MR) is 278 cm³/mol. The molecule has 12 N–H and O–H groups in total. The van der Waals surface area contributed by atoms with Crippen LogP contribution < -0.4 is 0 Å². The number of carboxylic acids is 6. The summed E-state index contributed by atoms with van der Waals surface area (Å²) in [5, 5.41) is 102. The summed E-state index contributed by atoms with van der Waals surface area (Å²) in [7, 11) is 0. The molecule has 0 fully saturated rings. The molecule has 33 heteroatoms. The van der Waals surface area contributed by atoms with Crippen LogP contribution in [0.1, 0.15) is 93.4 Å². The molecule has 0 radical (unpaired) electrons. The summed E-state index contributed by atoms with van der Waals surface area (Å²) in [6.45, 7) is 9.16. The molecule has 33 nitrogen and oxygen atoms in total. The van der Waals surface area contributed by atoms with E-state index in [2.05, 4.69) is 23.7 Å². The SMILES string of the molecule is CC(=O)CC(CC(=O)O)OCO.CC(=O)CC(COCO)C(=O)O.CC(=O)CC(COCO)CC(=O)O.CC(=O)CN(CCOCCOCO)CC(=O)O.CC(=O)CN(CCOCO)CC(=O)O.CCC(O)COC(CC(=O)O)C(C)=O. The summed E-state index contributed by atoms with van der Waals surface area (Å²) in [5.41, 5.74) is 0. The van der Waals surface area contributed by atoms with Gasteiger partial charge in [-0.05, 0) is 53.9 Å². The summed E-state index contributed by atoms with van der Waals surface area (Å²) in [6.07, 6.45) is -2.40. The summed E-state index contributed by atoms with van der Waals surface area (Å²) in [4.78, 5) is 129. The molecule has 0 heterocycles. The van der Waals surface area contributed by atoms with Crippen molar-refractivity contribution in [1.29, 1.82) is 0 Å². The molecule has 480 valence electrons. The van der Waals surface area contributed by atoms with Crippen molar-refractivity contribution in [2.75, 3.05) is 119 Å². The fraction of sp³-hybridized carbons (Fsp3) is 0.755. The van der Waals surface area contributed by atoms with E-state index in [1.165, 1.54) is 51.3 Å². The van der Waals surface area contributed by atoms with Crippen molar-refractivity contribution in [3.05, 3.63) is 0 Å². The molecule has 0 aromatic rings. The molecule has 0 aromatic heterocycles. The number of carboxylic acid groups (broad SMARTS) is 6. The van der Waals surface area contributed by atoms with Crippen LogP contribution >= 0.6 is 0 Å². The van der Waals surface area contributed by atoms with Gasteiger partial charge >= 0.3 is 35.8 Å². The van der Waals surface area contributed by atoms with E-state index >= 15 is 0 Å². The average Bonchev–Trinajstić information content (AvgIpc) is 3.33. The second kappa shape index (κ2) is 59.8. The molecule has 0 spiro atoms. The first-order chi connectivity index (χ1) is 38.3. The largest absolute Gasteiger partial charge is 0.481 e. The van der Waals surface area contributed by atoms with Crippen LogP contribution in [0.4, 0.5) is 0 Å². The van der Waals surface area contributed by atoms with Gasteiger partial charge in [-0.3, -0.25) is 57.7 Å². The monoisotopic (exact) mass is 1200 g/mol. The second-order valence-corrected chi connectivity index (χ2v) is 17.1. The molecule has 0 saturated carbocycles. The summed E-state index contributed by atoms with van der Waals surface area (Å²) in [6, 6.07) is 0. The maximum atomic E-state index is 10.9. The van der Waals surface area contributed by atoms with E-state index in [9.17, 15) is 57.5 Å². The number of Topliss-reactive ketones (excluding diaryl/α,β-unsaturated/α-hetero) is 6. The Bertz CT molecular complexity index is 1720. The minimum atomic E-state index is -1.09. The Balaban J connectivity index is -0.000000212. The van der Waals surface area contributed by atoms with Gasteiger partial charge < -0.3 is 104 Å². The third kappa shape index (κ3) is 74.2.